The van der Waals surface area contributed by atoms with Gasteiger partial charge >= 0.3 is 0 Å². The Balaban J connectivity index is 1.92. The summed E-state index contributed by atoms with van der Waals surface area (Å²) in [5.74, 6) is 13.6. The predicted octanol–water partition coefficient (Wildman–Crippen LogP) is 5.42. The maximum absolute atomic E-state index is 5.55. The van der Waals surface area contributed by atoms with Crippen LogP contribution >= 0.6 is 0 Å². The summed E-state index contributed by atoms with van der Waals surface area (Å²) >= 11 is 0. The molecule has 0 saturated carbocycles. The first kappa shape index (κ1) is 18.4. The van der Waals surface area contributed by atoms with E-state index in [9.17, 15) is 0 Å². The fraction of sp³-hybridized carbons (Fsp3) is 0.154. The van der Waals surface area contributed by atoms with Crippen molar-refractivity contribution in [3.63, 3.8) is 0 Å². The molecule has 27 heavy (non-hydrogen) atoms. The summed E-state index contributed by atoms with van der Waals surface area (Å²) in [7, 11) is 1.67. The summed E-state index contributed by atoms with van der Waals surface area (Å²) in [6, 6.07) is 20.4. The Morgan fingerprint density at radius 2 is 1.07 bits per heavy atom. The molecule has 0 saturated heterocycles. The lowest BCUT2D eigenvalue weighted by molar-refractivity contribution is 0.413. The first-order chi connectivity index (χ1) is 13.0. The van der Waals surface area contributed by atoms with E-state index in [-0.39, 0.29) is 0 Å². The standard InChI is InChI=1S/C26H22O/c1-19-5-9-22(10-6-19)13-15-24-18-26(27-4)25(17-21(24)3)16-14-23-11-7-20(2)8-12-23/h5-12,17-18H,1-4H3. The van der Waals surface area contributed by atoms with Crippen LogP contribution in [0.1, 0.15) is 38.9 Å². The van der Waals surface area contributed by atoms with E-state index in [4.69, 9.17) is 4.74 Å². The molecule has 0 fully saturated rings. The minimum absolute atomic E-state index is 0.744. The van der Waals surface area contributed by atoms with Crippen LogP contribution in [0.3, 0.4) is 0 Å². The molecule has 132 valence electrons. The maximum atomic E-state index is 5.55. The molecule has 0 N–H and O–H groups in total. The largest absolute Gasteiger partial charge is 0.495 e. The number of hydrogen-bond donors (Lipinski definition) is 0. The highest BCUT2D eigenvalue weighted by Crippen LogP contribution is 2.22. The van der Waals surface area contributed by atoms with Crippen LogP contribution in [0, 0.1) is 44.5 Å². The third-order valence-electron chi connectivity index (χ3n) is 4.33. The van der Waals surface area contributed by atoms with E-state index in [0.717, 1.165) is 33.6 Å². The maximum Gasteiger partial charge on any atom is 0.135 e. The van der Waals surface area contributed by atoms with Crippen molar-refractivity contribution in [2.75, 3.05) is 7.11 Å². The molecule has 0 amide bonds. The van der Waals surface area contributed by atoms with Crippen molar-refractivity contribution in [1.29, 1.82) is 0 Å². The SMILES string of the molecule is COc1cc(C#Cc2ccc(C)cc2)c(C)cc1C#Cc1ccc(C)cc1. The Kier molecular flexibility index (Phi) is 5.65. The Hall–Kier alpha value is -3.42. The molecule has 0 aliphatic heterocycles. The van der Waals surface area contributed by atoms with Crippen molar-refractivity contribution >= 4 is 0 Å². The van der Waals surface area contributed by atoms with Crippen LogP contribution in [-0.4, -0.2) is 7.11 Å². The van der Waals surface area contributed by atoms with Gasteiger partial charge in [-0.25, -0.2) is 0 Å². The lowest BCUT2D eigenvalue weighted by Gasteiger charge is -2.07. The van der Waals surface area contributed by atoms with Crippen LogP contribution in [0.25, 0.3) is 0 Å². The number of aryl methyl sites for hydroxylation is 3. The van der Waals surface area contributed by atoms with Gasteiger partial charge in [0.25, 0.3) is 0 Å². The number of hydrogen-bond acceptors (Lipinski definition) is 1. The van der Waals surface area contributed by atoms with E-state index in [0.29, 0.717) is 0 Å². The average molecular weight is 350 g/mol. The van der Waals surface area contributed by atoms with Crippen molar-refractivity contribution in [2.45, 2.75) is 20.8 Å². The van der Waals surface area contributed by atoms with Crippen LogP contribution in [-0.2, 0) is 0 Å². The van der Waals surface area contributed by atoms with E-state index in [1.54, 1.807) is 7.11 Å². The van der Waals surface area contributed by atoms with Gasteiger partial charge < -0.3 is 4.74 Å². The van der Waals surface area contributed by atoms with E-state index < -0.39 is 0 Å². The zero-order valence-electron chi connectivity index (χ0n) is 16.2. The molecule has 1 heteroatoms. The summed E-state index contributed by atoms with van der Waals surface area (Å²) in [6.07, 6.45) is 0. The van der Waals surface area contributed by atoms with Gasteiger partial charge in [0.1, 0.15) is 5.75 Å². The molecule has 1 nitrogen and oxygen atoms in total. The van der Waals surface area contributed by atoms with Crippen molar-refractivity contribution in [3.8, 4) is 29.4 Å². The van der Waals surface area contributed by atoms with Crippen LogP contribution in [0.2, 0.25) is 0 Å². The Bertz CT molecular complexity index is 1060. The number of rotatable bonds is 1. The molecule has 0 aliphatic carbocycles. The first-order valence-electron chi connectivity index (χ1n) is 8.91. The quantitative estimate of drug-likeness (QED) is 0.533. The third kappa shape index (κ3) is 4.81. The zero-order chi connectivity index (χ0) is 19.2. The van der Waals surface area contributed by atoms with Gasteiger partial charge in [-0.15, -0.1) is 0 Å². The Morgan fingerprint density at radius 1 is 0.593 bits per heavy atom. The summed E-state index contributed by atoms with van der Waals surface area (Å²) in [5.41, 5.74) is 7.36. The van der Waals surface area contributed by atoms with Gasteiger partial charge in [0.05, 0.1) is 12.7 Å². The number of benzene rings is 3. The highest BCUT2D eigenvalue weighted by molar-refractivity contribution is 5.57. The van der Waals surface area contributed by atoms with Gasteiger partial charge in [0.2, 0.25) is 0 Å². The molecule has 0 bridgehead atoms. The summed E-state index contributed by atoms with van der Waals surface area (Å²) in [4.78, 5) is 0. The van der Waals surface area contributed by atoms with Gasteiger partial charge in [-0.3, -0.25) is 0 Å². The van der Waals surface area contributed by atoms with E-state index in [1.807, 2.05) is 36.4 Å². The van der Waals surface area contributed by atoms with Gasteiger partial charge in [-0.2, -0.15) is 0 Å². The molecule has 0 spiro atoms. The van der Waals surface area contributed by atoms with Crippen molar-refractivity contribution in [3.05, 3.63) is 99.6 Å². The summed E-state index contributed by atoms with van der Waals surface area (Å²) in [5, 5.41) is 0. The van der Waals surface area contributed by atoms with Gasteiger partial charge in [0.15, 0.2) is 0 Å². The number of methoxy groups -OCH3 is 1. The molecule has 0 aromatic heterocycles. The molecule has 0 radical (unpaired) electrons. The highest BCUT2D eigenvalue weighted by Gasteiger charge is 2.05. The van der Waals surface area contributed by atoms with Crippen LogP contribution < -0.4 is 4.74 Å². The molecule has 3 aromatic carbocycles. The van der Waals surface area contributed by atoms with E-state index in [2.05, 4.69) is 68.7 Å². The van der Waals surface area contributed by atoms with Crippen molar-refractivity contribution < 1.29 is 4.74 Å². The lowest BCUT2D eigenvalue weighted by atomic mass is 10.0. The fourth-order valence-electron chi connectivity index (χ4n) is 2.64. The number of ether oxygens (including phenoxy) is 1. The van der Waals surface area contributed by atoms with Crippen LogP contribution in [0.15, 0.2) is 60.7 Å². The summed E-state index contributed by atoms with van der Waals surface area (Å²) < 4.78 is 5.55. The minimum atomic E-state index is 0.744. The molecule has 3 rings (SSSR count). The molecule has 0 aliphatic rings. The van der Waals surface area contributed by atoms with Gasteiger partial charge in [-0.1, -0.05) is 59.1 Å². The monoisotopic (exact) mass is 350 g/mol. The summed E-state index contributed by atoms with van der Waals surface area (Å²) in [6.45, 7) is 6.19. The molecule has 0 atom stereocenters. The Morgan fingerprint density at radius 3 is 1.56 bits per heavy atom. The topological polar surface area (TPSA) is 9.23 Å². The minimum Gasteiger partial charge on any atom is -0.495 e. The van der Waals surface area contributed by atoms with E-state index >= 15 is 0 Å². The van der Waals surface area contributed by atoms with Gasteiger partial charge in [-0.05, 0) is 62.7 Å². The normalized spacial score (nSPS) is 9.63. The molecular weight excluding hydrogens is 328 g/mol. The second-order valence-electron chi connectivity index (χ2n) is 6.60. The fourth-order valence-corrected chi connectivity index (χ4v) is 2.64. The molecule has 3 aromatic rings. The average Bonchev–Trinajstić information content (AvgIpc) is 2.68. The van der Waals surface area contributed by atoms with Crippen LogP contribution in [0.4, 0.5) is 0 Å². The highest BCUT2D eigenvalue weighted by atomic mass is 16.5. The van der Waals surface area contributed by atoms with Crippen LogP contribution in [0.5, 0.6) is 5.75 Å². The Labute approximate surface area is 162 Å². The molecular formula is C26H22O. The molecule has 0 heterocycles. The first-order valence-corrected chi connectivity index (χ1v) is 8.91. The lowest BCUT2D eigenvalue weighted by Crippen LogP contribution is -1.92. The van der Waals surface area contributed by atoms with E-state index in [1.165, 1.54) is 11.1 Å². The smallest absolute Gasteiger partial charge is 0.135 e. The van der Waals surface area contributed by atoms with Gasteiger partial charge in [0, 0.05) is 16.7 Å². The zero-order valence-corrected chi connectivity index (χ0v) is 16.2. The second-order valence-corrected chi connectivity index (χ2v) is 6.60. The third-order valence-corrected chi connectivity index (χ3v) is 4.33. The second kappa shape index (κ2) is 8.31. The van der Waals surface area contributed by atoms with Crippen molar-refractivity contribution in [2.24, 2.45) is 0 Å². The molecule has 0 unspecified atom stereocenters. The van der Waals surface area contributed by atoms with Crippen molar-refractivity contribution in [1.82, 2.24) is 0 Å². The predicted molar refractivity (Wildman–Crippen MR) is 112 cm³/mol.